The van der Waals surface area contributed by atoms with E-state index in [4.69, 9.17) is 14.5 Å². The first kappa shape index (κ1) is 17.8. The third-order valence-corrected chi connectivity index (χ3v) is 5.53. The lowest BCUT2D eigenvalue weighted by Crippen LogP contribution is -2.48. The van der Waals surface area contributed by atoms with Crippen LogP contribution in [0.4, 0.5) is 5.69 Å². The molecule has 140 valence electrons. The molecule has 0 radical (unpaired) electrons. The van der Waals surface area contributed by atoms with Crippen molar-refractivity contribution < 1.29 is 9.47 Å². The second-order valence-electron chi connectivity index (χ2n) is 6.34. The van der Waals surface area contributed by atoms with E-state index in [-0.39, 0.29) is 0 Å². The van der Waals surface area contributed by atoms with Crippen molar-refractivity contribution in [1.29, 1.82) is 0 Å². The molecule has 0 bridgehead atoms. The number of aryl methyl sites for hydroxylation is 1. The lowest BCUT2D eigenvalue weighted by Gasteiger charge is -2.31. The van der Waals surface area contributed by atoms with Crippen molar-refractivity contribution in [2.45, 2.75) is 6.92 Å². The molecule has 1 aliphatic heterocycles. The number of morpholine rings is 1. The van der Waals surface area contributed by atoms with Gasteiger partial charge in [-0.05, 0) is 43.3 Å². The van der Waals surface area contributed by atoms with Gasteiger partial charge in [0.05, 0.1) is 44.8 Å². The molecule has 4 rings (SSSR count). The second-order valence-corrected chi connectivity index (χ2v) is 7.52. The predicted octanol–water partition coefficient (Wildman–Crippen LogP) is 3.73. The van der Waals surface area contributed by atoms with Crippen LogP contribution in [0.1, 0.15) is 4.88 Å². The van der Waals surface area contributed by atoms with Crippen LogP contribution in [0.3, 0.4) is 0 Å². The van der Waals surface area contributed by atoms with E-state index in [9.17, 15) is 0 Å². The second kappa shape index (κ2) is 7.98. The molecule has 2 heterocycles. The summed E-state index contributed by atoms with van der Waals surface area (Å²) in [6, 6.07) is 18.3. The van der Waals surface area contributed by atoms with Crippen molar-refractivity contribution >= 4 is 17.0 Å². The van der Waals surface area contributed by atoms with Crippen molar-refractivity contribution in [3.05, 3.63) is 64.3 Å². The maximum atomic E-state index is 5.56. The number of methoxy groups -OCH3 is 1. The Morgan fingerprint density at radius 1 is 1.00 bits per heavy atom. The number of aromatic nitrogens is 1. The maximum Gasteiger partial charge on any atom is 0.209 e. The summed E-state index contributed by atoms with van der Waals surface area (Å²) in [7, 11) is 1.69. The molecule has 1 aliphatic rings. The molecule has 0 amide bonds. The fourth-order valence-corrected chi connectivity index (χ4v) is 4.27. The van der Waals surface area contributed by atoms with E-state index < -0.39 is 0 Å². The molecule has 0 spiro atoms. The standard InChI is InChI=1S/C21H23N3O2S/c1-16-20(17-8-10-19(25-2)11-9-17)24(23-12-14-26-15-13-23)21(27-16)22-18-6-4-3-5-7-18/h3-11H,12-15H2,1-2H3. The summed E-state index contributed by atoms with van der Waals surface area (Å²) in [5.41, 5.74) is 3.30. The topological polar surface area (TPSA) is 39.0 Å². The van der Waals surface area contributed by atoms with Gasteiger partial charge < -0.3 is 14.5 Å². The third-order valence-electron chi connectivity index (χ3n) is 4.59. The van der Waals surface area contributed by atoms with Gasteiger partial charge in [0.15, 0.2) is 0 Å². The van der Waals surface area contributed by atoms with Crippen LogP contribution >= 0.6 is 11.3 Å². The van der Waals surface area contributed by atoms with Crippen LogP contribution in [0.2, 0.25) is 0 Å². The highest BCUT2D eigenvalue weighted by molar-refractivity contribution is 7.09. The normalized spacial score (nSPS) is 15.2. The number of rotatable bonds is 4. The minimum absolute atomic E-state index is 0.731. The van der Waals surface area contributed by atoms with Crippen LogP contribution in [-0.2, 0) is 4.74 Å². The smallest absolute Gasteiger partial charge is 0.209 e. The summed E-state index contributed by atoms with van der Waals surface area (Å²) in [5.74, 6) is 0.860. The van der Waals surface area contributed by atoms with Crippen molar-refractivity contribution in [3.8, 4) is 17.0 Å². The fourth-order valence-electron chi connectivity index (χ4n) is 3.25. The highest BCUT2D eigenvalue weighted by Gasteiger charge is 2.20. The third kappa shape index (κ3) is 3.77. The van der Waals surface area contributed by atoms with E-state index in [0.717, 1.165) is 48.1 Å². The predicted molar refractivity (Wildman–Crippen MR) is 109 cm³/mol. The Kier molecular flexibility index (Phi) is 5.27. The lowest BCUT2D eigenvalue weighted by molar-refractivity contribution is 0.111. The number of nitrogens with zero attached hydrogens (tertiary/aromatic N) is 3. The SMILES string of the molecule is COc1ccc(-c2c(C)sc(=Nc3ccccc3)n2N2CCOCC2)cc1. The van der Waals surface area contributed by atoms with Crippen LogP contribution in [0.25, 0.3) is 11.3 Å². The minimum atomic E-state index is 0.731. The molecule has 6 heteroatoms. The van der Waals surface area contributed by atoms with Crippen molar-refractivity contribution in [1.82, 2.24) is 4.68 Å². The van der Waals surface area contributed by atoms with Crippen molar-refractivity contribution in [2.75, 3.05) is 38.4 Å². The van der Waals surface area contributed by atoms with Gasteiger partial charge >= 0.3 is 0 Å². The zero-order valence-electron chi connectivity index (χ0n) is 15.6. The molecule has 2 aromatic carbocycles. The molecular weight excluding hydrogens is 358 g/mol. The Labute approximate surface area is 163 Å². The molecule has 0 atom stereocenters. The summed E-state index contributed by atoms with van der Waals surface area (Å²) >= 11 is 1.72. The summed E-state index contributed by atoms with van der Waals surface area (Å²) in [5, 5.41) is 2.33. The molecule has 0 N–H and O–H groups in total. The van der Waals surface area contributed by atoms with E-state index in [2.05, 4.69) is 28.7 Å². The van der Waals surface area contributed by atoms with Crippen LogP contribution in [0.15, 0.2) is 59.6 Å². The van der Waals surface area contributed by atoms with Crippen molar-refractivity contribution in [3.63, 3.8) is 0 Å². The van der Waals surface area contributed by atoms with Gasteiger partial charge in [-0.2, -0.15) is 0 Å². The molecule has 3 aromatic rings. The van der Waals surface area contributed by atoms with Crippen LogP contribution in [-0.4, -0.2) is 38.1 Å². The van der Waals surface area contributed by atoms with Gasteiger partial charge in [0.25, 0.3) is 0 Å². The molecule has 27 heavy (non-hydrogen) atoms. The first-order chi connectivity index (χ1) is 13.3. The monoisotopic (exact) mass is 381 g/mol. The van der Waals surface area contributed by atoms with E-state index in [1.54, 1.807) is 18.4 Å². The molecule has 0 saturated carbocycles. The molecule has 0 unspecified atom stereocenters. The van der Waals surface area contributed by atoms with E-state index in [1.165, 1.54) is 10.6 Å². The van der Waals surface area contributed by atoms with Gasteiger partial charge in [-0.15, -0.1) is 0 Å². The number of hydrogen-bond donors (Lipinski definition) is 0. The number of thiazole rings is 1. The largest absolute Gasteiger partial charge is 0.497 e. The fraction of sp³-hybridized carbons (Fsp3) is 0.286. The van der Waals surface area contributed by atoms with E-state index >= 15 is 0 Å². The van der Waals surface area contributed by atoms with Crippen molar-refractivity contribution in [2.24, 2.45) is 4.99 Å². The van der Waals surface area contributed by atoms with Crippen LogP contribution in [0, 0.1) is 6.92 Å². The van der Waals surface area contributed by atoms with E-state index in [0.29, 0.717) is 0 Å². The lowest BCUT2D eigenvalue weighted by atomic mass is 10.1. The Hall–Kier alpha value is -2.57. The summed E-state index contributed by atoms with van der Waals surface area (Å²) < 4.78 is 13.1. The number of ether oxygens (including phenoxy) is 2. The molecule has 1 aromatic heterocycles. The van der Waals surface area contributed by atoms with Crippen LogP contribution < -0.4 is 14.5 Å². The van der Waals surface area contributed by atoms with Gasteiger partial charge in [0.1, 0.15) is 5.75 Å². The van der Waals surface area contributed by atoms with Gasteiger partial charge in [0.2, 0.25) is 4.80 Å². The zero-order valence-corrected chi connectivity index (χ0v) is 16.4. The minimum Gasteiger partial charge on any atom is -0.497 e. The Morgan fingerprint density at radius 3 is 2.37 bits per heavy atom. The molecule has 1 saturated heterocycles. The molecule has 0 aliphatic carbocycles. The molecule has 5 nitrogen and oxygen atoms in total. The average molecular weight is 382 g/mol. The first-order valence-corrected chi connectivity index (χ1v) is 9.87. The first-order valence-electron chi connectivity index (χ1n) is 9.06. The van der Waals surface area contributed by atoms with E-state index in [1.807, 2.05) is 42.5 Å². The average Bonchev–Trinajstić information content (AvgIpc) is 3.05. The Balaban J connectivity index is 1.88. The zero-order chi connectivity index (χ0) is 18.6. The number of hydrogen-bond acceptors (Lipinski definition) is 5. The number of para-hydroxylation sites is 1. The summed E-state index contributed by atoms with van der Waals surface area (Å²) in [6.07, 6.45) is 0. The molecular formula is C21H23N3O2S. The van der Waals surface area contributed by atoms with Gasteiger partial charge in [0, 0.05) is 10.4 Å². The Bertz CT molecular complexity index is 955. The maximum absolute atomic E-state index is 5.56. The van der Waals surface area contributed by atoms with Crippen LogP contribution in [0.5, 0.6) is 5.75 Å². The highest BCUT2D eigenvalue weighted by atomic mass is 32.1. The number of benzene rings is 2. The Morgan fingerprint density at radius 2 is 1.70 bits per heavy atom. The highest BCUT2D eigenvalue weighted by Crippen LogP contribution is 2.28. The summed E-state index contributed by atoms with van der Waals surface area (Å²) in [4.78, 5) is 7.15. The summed E-state index contributed by atoms with van der Waals surface area (Å²) in [6.45, 7) is 5.32. The van der Waals surface area contributed by atoms with Gasteiger partial charge in [-0.3, -0.25) is 0 Å². The van der Waals surface area contributed by atoms with Gasteiger partial charge in [-0.1, -0.05) is 29.5 Å². The molecule has 1 fully saturated rings. The van der Waals surface area contributed by atoms with Gasteiger partial charge in [-0.25, -0.2) is 9.67 Å². The quantitative estimate of drug-likeness (QED) is 0.691.